The zero-order valence-electron chi connectivity index (χ0n) is 13.1. The monoisotopic (exact) mass is 292 g/mol. The average molecular weight is 292 g/mol. The van der Waals surface area contributed by atoms with Gasteiger partial charge in [0.15, 0.2) is 0 Å². The summed E-state index contributed by atoms with van der Waals surface area (Å²) in [5, 5.41) is 4.30. The van der Waals surface area contributed by atoms with Crippen molar-refractivity contribution in [2.45, 2.75) is 64.2 Å². The second kappa shape index (κ2) is 4.95. The van der Waals surface area contributed by atoms with Crippen LogP contribution in [0.25, 0.3) is 6.08 Å². The predicted molar refractivity (Wildman–Crippen MR) is 80.3 cm³/mol. The lowest BCUT2D eigenvalue weighted by molar-refractivity contribution is 0.00578. The van der Waals surface area contributed by atoms with E-state index in [1.54, 1.807) is 6.20 Å². The van der Waals surface area contributed by atoms with Gasteiger partial charge in [-0.3, -0.25) is 4.68 Å². The van der Waals surface area contributed by atoms with E-state index in [0.717, 1.165) is 18.4 Å². The highest BCUT2D eigenvalue weighted by atomic mass is 19.1. The van der Waals surface area contributed by atoms with Crippen LogP contribution in [0.2, 0.25) is 0 Å². The third-order valence-electron chi connectivity index (χ3n) is 4.85. The second-order valence-corrected chi connectivity index (χ2v) is 6.96. The highest BCUT2D eigenvalue weighted by molar-refractivity contribution is 6.54. The summed E-state index contributed by atoms with van der Waals surface area (Å²) in [6, 6.07) is 0.479. The first kappa shape index (κ1) is 14.8. The van der Waals surface area contributed by atoms with Crippen LogP contribution in [0.4, 0.5) is 4.39 Å². The molecule has 2 heterocycles. The molecule has 3 rings (SSSR count). The molecule has 1 aromatic heterocycles. The van der Waals surface area contributed by atoms with Gasteiger partial charge < -0.3 is 9.31 Å². The molecule has 0 unspecified atom stereocenters. The third-order valence-corrected chi connectivity index (χ3v) is 4.85. The summed E-state index contributed by atoms with van der Waals surface area (Å²) in [5.41, 5.74) is -0.728. The standard InChI is InChI=1S/C15H22BFN2O2/c1-14(2)15(3,4)21-16(20-14)13(17)8-11-9-18-19(10-11)12-6-5-7-12/h8-10,12H,5-7H2,1-4H3. The van der Waals surface area contributed by atoms with Gasteiger partial charge in [-0.2, -0.15) is 5.10 Å². The Labute approximate surface area is 125 Å². The maximum atomic E-state index is 14.4. The van der Waals surface area contributed by atoms with E-state index in [-0.39, 0.29) is 0 Å². The van der Waals surface area contributed by atoms with Crippen molar-refractivity contribution in [2.24, 2.45) is 0 Å². The molecule has 0 N–H and O–H groups in total. The van der Waals surface area contributed by atoms with E-state index in [1.807, 2.05) is 38.6 Å². The van der Waals surface area contributed by atoms with E-state index < -0.39 is 24.0 Å². The summed E-state index contributed by atoms with van der Waals surface area (Å²) < 4.78 is 27.7. The van der Waals surface area contributed by atoms with Gasteiger partial charge in [0.1, 0.15) is 5.73 Å². The van der Waals surface area contributed by atoms with E-state index in [2.05, 4.69) is 5.10 Å². The first-order valence-corrected chi connectivity index (χ1v) is 7.55. The van der Waals surface area contributed by atoms with Crippen LogP contribution in [-0.4, -0.2) is 28.1 Å². The summed E-state index contributed by atoms with van der Waals surface area (Å²) in [4.78, 5) is 0. The Morgan fingerprint density at radius 1 is 1.33 bits per heavy atom. The molecule has 1 aliphatic heterocycles. The molecular weight excluding hydrogens is 270 g/mol. The van der Waals surface area contributed by atoms with Crippen LogP contribution in [0.1, 0.15) is 58.6 Å². The Hall–Kier alpha value is -1.14. The Morgan fingerprint density at radius 3 is 2.48 bits per heavy atom. The van der Waals surface area contributed by atoms with Gasteiger partial charge in [-0.15, -0.1) is 0 Å². The van der Waals surface area contributed by atoms with Crippen molar-refractivity contribution < 1.29 is 13.7 Å². The SMILES string of the molecule is CC1(C)OB(C(F)=Cc2cnn(C3CCC3)c2)OC1(C)C. The normalized spacial score (nSPS) is 25.2. The lowest BCUT2D eigenvalue weighted by Crippen LogP contribution is -2.41. The number of nitrogens with zero attached hydrogens (tertiary/aromatic N) is 2. The number of hydrogen-bond acceptors (Lipinski definition) is 3. The fraction of sp³-hybridized carbons (Fsp3) is 0.667. The van der Waals surface area contributed by atoms with Crippen LogP contribution in [0.5, 0.6) is 0 Å². The van der Waals surface area contributed by atoms with Gasteiger partial charge >= 0.3 is 7.12 Å². The molecule has 1 saturated carbocycles. The molecule has 2 aliphatic rings. The van der Waals surface area contributed by atoms with Crippen LogP contribution < -0.4 is 0 Å². The lowest BCUT2D eigenvalue weighted by Gasteiger charge is -2.32. The molecule has 0 bridgehead atoms. The summed E-state index contributed by atoms with van der Waals surface area (Å²) in [7, 11) is -0.943. The smallest absolute Gasteiger partial charge is 0.398 e. The van der Waals surface area contributed by atoms with Crippen LogP contribution in [-0.2, 0) is 9.31 Å². The Balaban J connectivity index is 1.73. The molecule has 6 heteroatoms. The van der Waals surface area contributed by atoms with Gasteiger partial charge in [-0.05, 0) is 53.0 Å². The van der Waals surface area contributed by atoms with E-state index in [0.29, 0.717) is 6.04 Å². The molecule has 0 radical (unpaired) electrons. The Morgan fingerprint density at radius 2 is 1.95 bits per heavy atom. The average Bonchev–Trinajstić information content (AvgIpc) is 2.80. The molecule has 1 aromatic rings. The van der Waals surface area contributed by atoms with Crippen molar-refractivity contribution in [3.05, 3.63) is 23.7 Å². The minimum Gasteiger partial charge on any atom is -0.398 e. The maximum absolute atomic E-state index is 14.4. The minimum atomic E-state index is -0.943. The zero-order chi connectivity index (χ0) is 15.3. The maximum Gasteiger partial charge on any atom is 0.525 e. The first-order chi connectivity index (χ1) is 9.78. The predicted octanol–water partition coefficient (Wildman–Crippen LogP) is 3.55. The molecule has 21 heavy (non-hydrogen) atoms. The number of aromatic nitrogens is 2. The largest absolute Gasteiger partial charge is 0.525 e. The fourth-order valence-corrected chi connectivity index (χ4v) is 2.46. The molecular formula is C15H22BFN2O2. The molecule has 114 valence electrons. The zero-order valence-corrected chi connectivity index (χ0v) is 13.1. The summed E-state index contributed by atoms with van der Waals surface area (Å²) in [6.07, 6.45) is 8.58. The van der Waals surface area contributed by atoms with E-state index in [9.17, 15) is 4.39 Å². The number of rotatable bonds is 3. The van der Waals surface area contributed by atoms with Gasteiger partial charge in [0.25, 0.3) is 0 Å². The van der Waals surface area contributed by atoms with Crippen molar-refractivity contribution in [1.29, 1.82) is 0 Å². The van der Waals surface area contributed by atoms with Crippen molar-refractivity contribution in [3.8, 4) is 0 Å². The van der Waals surface area contributed by atoms with Gasteiger partial charge in [-0.25, -0.2) is 4.39 Å². The van der Waals surface area contributed by atoms with Gasteiger partial charge in [0.2, 0.25) is 0 Å². The number of hydrogen-bond donors (Lipinski definition) is 0. The molecule has 1 saturated heterocycles. The minimum absolute atomic E-state index is 0.415. The third kappa shape index (κ3) is 2.67. The fourth-order valence-electron chi connectivity index (χ4n) is 2.46. The molecule has 1 aliphatic carbocycles. The van der Waals surface area contributed by atoms with E-state index in [4.69, 9.17) is 9.31 Å². The molecule has 0 spiro atoms. The molecule has 4 nitrogen and oxygen atoms in total. The van der Waals surface area contributed by atoms with Crippen LogP contribution >= 0.6 is 0 Å². The summed E-state index contributed by atoms with van der Waals surface area (Å²) in [6.45, 7) is 7.65. The molecule has 2 fully saturated rings. The second-order valence-electron chi connectivity index (χ2n) is 6.96. The molecule has 0 atom stereocenters. The van der Waals surface area contributed by atoms with Crippen molar-refractivity contribution >= 4 is 13.2 Å². The van der Waals surface area contributed by atoms with E-state index >= 15 is 0 Å². The summed E-state index contributed by atoms with van der Waals surface area (Å²) in [5.74, 6) is 0. The quantitative estimate of drug-likeness (QED) is 0.799. The lowest BCUT2D eigenvalue weighted by atomic mass is 9.87. The van der Waals surface area contributed by atoms with Crippen molar-refractivity contribution in [3.63, 3.8) is 0 Å². The Bertz CT molecular complexity index is 548. The molecule has 0 aromatic carbocycles. The van der Waals surface area contributed by atoms with Crippen LogP contribution in [0.3, 0.4) is 0 Å². The number of halogens is 1. The van der Waals surface area contributed by atoms with Crippen LogP contribution in [0.15, 0.2) is 18.1 Å². The summed E-state index contributed by atoms with van der Waals surface area (Å²) >= 11 is 0. The highest BCUT2D eigenvalue weighted by Crippen LogP contribution is 2.39. The topological polar surface area (TPSA) is 36.3 Å². The Kier molecular flexibility index (Phi) is 3.49. The van der Waals surface area contributed by atoms with Gasteiger partial charge in [0.05, 0.1) is 23.4 Å². The first-order valence-electron chi connectivity index (χ1n) is 7.55. The highest BCUT2D eigenvalue weighted by Gasteiger charge is 2.53. The van der Waals surface area contributed by atoms with Crippen molar-refractivity contribution in [2.75, 3.05) is 0 Å². The van der Waals surface area contributed by atoms with Gasteiger partial charge in [0, 0.05) is 11.8 Å². The van der Waals surface area contributed by atoms with Gasteiger partial charge in [-0.1, -0.05) is 0 Å². The van der Waals surface area contributed by atoms with Crippen LogP contribution in [0, 0.1) is 0 Å². The van der Waals surface area contributed by atoms with E-state index in [1.165, 1.54) is 12.5 Å². The molecule has 0 amide bonds. The van der Waals surface area contributed by atoms with Crippen molar-refractivity contribution in [1.82, 2.24) is 9.78 Å².